The summed E-state index contributed by atoms with van der Waals surface area (Å²) in [5.41, 5.74) is 0.601. The molecule has 1 aromatic heterocycles. The number of nitrogens with zero attached hydrogens (tertiary/aromatic N) is 1. The molecule has 204 valence electrons. The first-order valence-electron chi connectivity index (χ1n) is 11.5. The Morgan fingerprint density at radius 3 is 2.29 bits per heavy atom. The maximum Gasteiger partial charge on any atom is 0.250 e. The molecule has 0 saturated heterocycles. The van der Waals surface area contributed by atoms with Gasteiger partial charge in [0.05, 0.1) is 15.7 Å². The van der Waals surface area contributed by atoms with Crippen molar-refractivity contribution in [3.63, 3.8) is 0 Å². The number of aromatic nitrogens is 1. The van der Waals surface area contributed by atoms with E-state index in [2.05, 4.69) is 9.44 Å². The van der Waals surface area contributed by atoms with Gasteiger partial charge in [-0.1, -0.05) is 0 Å². The second kappa shape index (κ2) is 11.9. The van der Waals surface area contributed by atoms with Crippen LogP contribution >= 0.6 is 0 Å². The van der Waals surface area contributed by atoms with Crippen molar-refractivity contribution in [2.45, 2.75) is 45.0 Å². The molecule has 0 spiro atoms. The Labute approximate surface area is 224 Å². The molecule has 8 nitrogen and oxygen atoms in total. The first-order valence-corrected chi connectivity index (χ1v) is 13.8. The third-order valence-electron chi connectivity index (χ3n) is 5.78. The minimum Gasteiger partial charge on any atom is -0.760 e. The highest BCUT2D eigenvalue weighted by atomic mass is 32.2. The lowest BCUT2D eigenvalue weighted by Gasteiger charge is -2.24. The van der Waals surface area contributed by atoms with Crippen molar-refractivity contribution in [3.8, 4) is 11.1 Å². The van der Waals surface area contributed by atoms with Gasteiger partial charge in [-0.2, -0.15) is 0 Å². The number of hydrogen-bond donors (Lipinski definition) is 2. The van der Waals surface area contributed by atoms with Crippen LogP contribution < -0.4 is 15.0 Å². The van der Waals surface area contributed by atoms with E-state index >= 15 is 4.39 Å². The van der Waals surface area contributed by atoms with Crippen molar-refractivity contribution in [2.75, 3.05) is 0 Å². The third-order valence-corrected chi connectivity index (χ3v) is 7.84. The molecule has 2 aromatic carbocycles. The molecule has 1 heterocycles. The normalized spacial score (nSPS) is 14.2. The zero-order valence-electron chi connectivity index (χ0n) is 21.5. The average molecular weight is 565 g/mol. The van der Waals surface area contributed by atoms with Crippen LogP contribution in [0.1, 0.15) is 60.8 Å². The lowest BCUT2D eigenvalue weighted by atomic mass is 9.89. The molecule has 0 radical (unpaired) electrons. The molecule has 2 unspecified atom stereocenters. The molecular formula is C26H28F2N3O5S2-. The quantitative estimate of drug-likeness (QED) is 0.304. The summed E-state index contributed by atoms with van der Waals surface area (Å²) in [6.07, 6.45) is 1.48. The van der Waals surface area contributed by atoms with Gasteiger partial charge in [0, 0.05) is 65.4 Å². The summed E-state index contributed by atoms with van der Waals surface area (Å²) in [4.78, 5) is 26.1. The monoisotopic (exact) mass is 564 g/mol. The molecule has 0 saturated carbocycles. The van der Waals surface area contributed by atoms with Gasteiger partial charge in [-0.15, -0.1) is 0 Å². The van der Waals surface area contributed by atoms with Crippen molar-refractivity contribution in [1.29, 1.82) is 0 Å². The van der Waals surface area contributed by atoms with E-state index in [9.17, 15) is 27.0 Å². The molecule has 0 bridgehead atoms. The fourth-order valence-electron chi connectivity index (χ4n) is 3.69. The molecule has 0 aliphatic heterocycles. The summed E-state index contributed by atoms with van der Waals surface area (Å²) < 4.78 is 69.2. The molecule has 3 atom stereocenters. The van der Waals surface area contributed by atoms with Crippen LogP contribution in [0.2, 0.25) is 0 Å². The number of aryl methyl sites for hydroxylation is 1. The fraction of sp³-hybridized carbons (Fsp3) is 0.308. The molecule has 38 heavy (non-hydrogen) atoms. The highest BCUT2D eigenvalue weighted by Gasteiger charge is 2.26. The lowest BCUT2D eigenvalue weighted by Crippen LogP contribution is -2.35. The summed E-state index contributed by atoms with van der Waals surface area (Å²) in [5.74, 6) is -1.99. The first-order chi connectivity index (χ1) is 17.7. The molecule has 0 aliphatic carbocycles. The van der Waals surface area contributed by atoms with Gasteiger partial charge in [-0.25, -0.2) is 22.4 Å². The van der Waals surface area contributed by atoms with Gasteiger partial charge in [0.15, 0.2) is 5.78 Å². The highest BCUT2D eigenvalue weighted by molar-refractivity contribution is 7.84. The Morgan fingerprint density at radius 1 is 1.08 bits per heavy atom. The van der Waals surface area contributed by atoms with E-state index in [1.807, 2.05) is 0 Å². The van der Waals surface area contributed by atoms with Crippen LogP contribution in [0.5, 0.6) is 0 Å². The maximum atomic E-state index is 15.1. The average Bonchev–Trinajstić information content (AvgIpc) is 2.83. The maximum absolute atomic E-state index is 15.1. The van der Waals surface area contributed by atoms with Crippen molar-refractivity contribution < 1.29 is 26.5 Å². The van der Waals surface area contributed by atoms with Crippen molar-refractivity contribution in [1.82, 2.24) is 14.0 Å². The third kappa shape index (κ3) is 6.94. The van der Waals surface area contributed by atoms with Gasteiger partial charge in [0.25, 0.3) is 5.56 Å². The molecule has 2 N–H and O–H groups in total. The van der Waals surface area contributed by atoms with Crippen molar-refractivity contribution in [2.24, 2.45) is 7.05 Å². The lowest BCUT2D eigenvalue weighted by molar-refractivity contribution is 0.103. The van der Waals surface area contributed by atoms with Gasteiger partial charge < -0.3 is 9.12 Å². The highest BCUT2D eigenvalue weighted by Crippen LogP contribution is 2.34. The number of pyridine rings is 1. The molecule has 3 aromatic rings. The molecule has 0 aliphatic rings. The molecule has 3 rings (SSSR count). The van der Waals surface area contributed by atoms with E-state index in [0.29, 0.717) is 11.1 Å². The van der Waals surface area contributed by atoms with Crippen LogP contribution in [0.25, 0.3) is 11.1 Å². The van der Waals surface area contributed by atoms with Crippen LogP contribution in [0, 0.1) is 11.6 Å². The zero-order chi connectivity index (χ0) is 28.4. The molecule has 12 heteroatoms. The smallest absolute Gasteiger partial charge is 0.250 e. The fourth-order valence-corrected chi connectivity index (χ4v) is 4.76. The van der Waals surface area contributed by atoms with Gasteiger partial charge in [0.2, 0.25) is 0 Å². The topological polar surface area (TPSA) is 120 Å². The summed E-state index contributed by atoms with van der Waals surface area (Å²) in [6.45, 7) is 6.67. The van der Waals surface area contributed by atoms with Crippen LogP contribution in [0.4, 0.5) is 8.78 Å². The Morgan fingerprint density at radius 2 is 1.71 bits per heavy atom. The van der Waals surface area contributed by atoms with Crippen LogP contribution in [0.3, 0.4) is 0 Å². The number of rotatable bonds is 9. The number of nitrogens with one attached hydrogen (secondary N) is 2. The second-order valence-electron chi connectivity index (χ2n) is 9.69. The second-order valence-corrected chi connectivity index (χ2v) is 12.4. The minimum absolute atomic E-state index is 0.0430. The van der Waals surface area contributed by atoms with Crippen molar-refractivity contribution >= 4 is 28.0 Å². The van der Waals surface area contributed by atoms with Crippen LogP contribution in [-0.2, 0) is 35.8 Å². The molecular weight excluding hydrogens is 536 g/mol. The Kier molecular flexibility index (Phi) is 9.26. The van der Waals surface area contributed by atoms with E-state index in [1.54, 1.807) is 27.7 Å². The Bertz CT molecular complexity index is 1470. The first kappa shape index (κ1) is 29.7. The van der Waals surface area contributed by atoms with Crippen LogP contribution in [-0.4, -0.2) is 28.1 Å². The van der Waals surface area contributed by atoms with E-state index in [-0.39, 0.29) is 34.4 Å². The zero-order valence-corrected chi connectivity index (χ0v) is 23.1. The van der Waals surface area contributed by atoms with Crippen LogP contribution in [0.15, 0.2) is 53.5 Å². The van der Waals surface area contributed by atoms with Gasteiger partial charge in [-0.05, 0) is 75.2 Å². The van der Waals surface area contributed by atoms with Crippen molar-refractivity contribution in [3.05, 3.63) is 92.9 Å². The minimum atomic E-state index is -2.66. The number of hydrogen-bond acceptors (Lipinski definition) is 5. The summed E-state index contributed by atoms with van der Waals surface area (Å²) in [6, 6.07) is 7.80. The number of carbonyl (C=O) groups excluding carboxylic acids is 1. The summed E-state index contributed by atoms with van der Waals surface area (Å²) >= 11 is -2.66. The molecule has 0 amide bonds. The number of ketones is 1. The predicted molar refractivity (Wildman–Crippen MR) is 142 cm³/mol. The number of halogens is 2. The Hall–Kier alpha value is -2.90. The van der Waals surface area contributed by atoms with Gasteiger partial charge in [-0.3, -0.25) is 13.8 Å². The molecule has 0 fully saturated rings. The van der Waals surface area contributed by atoms with E-state index in [1.165, 1.54) is 42.1 Å². The number of benzene rings is 2. The van der Waals surface area contributed by atoms with E-state index in [0.717, 1.165) is 18.2 Å². The van der Waals surface area contributed by atoms with Gasteiger partial charge >= 0.3 is 0 Å². The summed E-state index contributed by atoms with van der Waals surface area (Å²) in [7, 11) is 0.00212. The summed E-state index contributed by atoms with van der Waals surface area (Å²) in [5, 5.41) is 0. The SMILES string of the molecule is C[C@H](NS(=O)C(C)(C)C)c1cc(=O)n(C)cc1-c1cc(CNS(=O)[O-])c(F)cc1C(=O)c1ccc(F)cc1. The largest absolute Gasteiger partial charge is 0.760 e. The predicted octanol–water partition coefficient (Wildman–Crippen LogP) is 3.56. The van der Waals surface area contributed by atoms with E-state index in [4.69, 9.17) is 0 Å². The Balaban J connectivity index is 2.27. The number of carbonyl (C=O) groups is 1. The standard InChI is InChI=1S/C26H29F2N3O5S2/c1-15(30-37(34)26(2,3)4)19-12-24(32)31(5)14-22(19)20-10-17(13-29-38(35)36)23(28)11-21(20)25(33)16-6-8-18(27)9-7-16/h6-12,14-15,29-30H,13H2,1-5H3,(H,35,36)/p-1/t15-,37?/m0/s1. The van der Waals surface area contributed by atoms with E-state index < -0.39 is 50.5 Å². The van der Waals surface area contributed by atoms with Gasteiger partial charge in [0.1, 0.15) is 11.6 Å².